The monoisotopic (exact) mass is 469 g/mol. The molecule has 0 aromatic heterocycles. The number of likely N-dealkylation sites (N-methyl/N-ethyl adjacent to an activating group) is 2. The van der Waals surface area contributed by atoms with E-state index >= 15 is 0 Å². The van der Waals surface area contributed by atoms with Gasteiger partial charge >= 0.3 is 0 Å². The number of benzene rings is 1. The van der Waals surface area contributed by atoms with Gasteiger partial charge in [0, 0.05) is 19.0 Å². The first-order chi connectivity index (χ1) is 15.7. The molecule has 3 aliphatic rings. The number of aliphatic hydroxyl groups is 3. The van der Waals surface area contributed by atoms with E-state index in [4.69, 9.17) is 14.2 Å². The second-order valence-corrected chi connectivity index (χ2v) is 9.46. The lowest BCUT2D eigenvalue weighted by Gasteiger charge is -2.59. The number of ether oxygens (including phenoxy) is 3. The number of aliphatic hydroxyl groups excluding tert-OH is 1. The Bertz CT molecular complexity index is 803. The molecule has 1 saturated carbocycles. The van der Waals surface area contributed by atoms with Crippen molar-refractivity contribution in [2.75, 3.05) is 27.2 Å². The summed E-state index contributed by atoms with van der Waals surface area (Å²) in [4.78, 5) is 0. The van der Waals surface area contributed by atoms with Gasteiger partial charge in [-0.05, 0) is 58.1 Å². The molecule has 186 valence electrons. The lowest BCUT2D eigenvalue weighted by atomic mass is 9.79. The van der Waals surface area contributed by atoms with E-state index in [1.807, 2.05) is 6.92 Å². The Morgan fingerprint density at radius 1 is 1.12 bits per heavy atom. The molecule has 0 amide bonds. The molecule has 10 heteroatoms. The molecule has 33 heavy (non-hydrogen) atoms. The van der Waals surface area contributed by atoms with E-state index in [1.165, 1.54) is 12.1 Å². The van der Waals surface area contributed by atoms with Gasteiger partial charge in [0.1, 0.15) is 17.5 Å². The molecule has 1 aliphatic carbocycles. The number of fused-ring (bicyclic) bond motifs is 2. The summed E-state index contributed by atoms with van der Waals surface area (Å²) in [5.74, 6) is -2.41. The van der Waals surface area contributed by atoms with E-state index in [0.29, 0.717) is 19.4 Å². The lowest BCUT2D eigenvalue weighted by molar-refractivity contribution is -0.477. The molecule has 0 spiro atoms. The Morgan fingerprint density at radius 3 is 2.52 bits per heavy atom. The zero-order valence-electron chi connectivity index (χ0n) is 19.3. The van der Waals surface area contributed by atoms with Gasteiger partial charge in [-0.25, -0.2) is 4.39 Å². The van der Waals surface area contributed by atoms with Crippen LogP contribution in [0.2, 0.25) is 0 Å². The minimum absolute atomic E-state index is 0.0432. The van der Waals surface area contributed by atoms with E-state index in [-0.39, 0.29) is 30.9 Å². The Kier molecular flexibility index (Phi) is 7.40. The predicted molar refractivity (Wildman–Crippen MR) is 118 cm³/mol. The second-order valence-electron chi connectivity index (χ2n) is 9.46. The average molecular weight is 470 g/mol. The maximum absolute atomic E-state index is 13.1. The standard InChI is InChI=1S/C23H36FN3O6/c1-13-11-22(29,12-27-9-8-14-4-6-15(24)7-5-14)23(30)21(31-13)32-17-10-16(25-2)19(28)18(26-3)20(17)33-23/h4-7,13,16-21,25-30H,8-12H2,1-3H3/t13-,16+,17?,18+,19+,20+,21+,22-,23-/m1/s1. The Hall–Kier alpha value is -1.21. The van der Waals surface area contributed by atoms with Gasteiger partial charge in [0.2, 0.25) is 12.1 Å². The lowest BCUT2D eigenvalue weighted by Crippen LogP contribution is -2.79. The molecule has 0 radical (unpaired) electrons. The highest BCUT2D eigenvalue weighted by Gasteiger charge is 2.67. The predicted octanol–water partition coefficient (Wildman–Crippen LogP) is -0.763. The maximum atomic E-state index is 13.1. The van der Waals surface area contributed by atoms with Gasteiger partial charge in [-0.15, -0.1) is 0 Å². The van der Waals surface area contributed by atoms with Crippen LogP contribution < -0.4 is 16.0 Å². The number of hydrogen-bond donors (Lipinski definition) is 6. The normalized spacial score (nSPS) is 43.1. The highest BCUT2D eigenvalue weighted by Crippen LogP contribution is 2.46. The van der Waals surface area contributed by atoms with Crippen LogP contribution >= 0.6 is 0 Å². The number of halogens is 1. The Labute approximate surface area is 193 Å². The Balaban J connectivity index is 1.47. The molecule has 1 aromatic carbocycles. The summed E-state index contributed by atoms with van der Waals surface area (Å²) in [6.07, 6.45) is -2.19. The number of hydrogen-bond acceptors (Lipinski definition) is 9. The van der Waals surface area contributed by atoms with E-state index in [0.717, 1.165) is 5.56 Å². The highest BCUT2D eigenvalue weighted by atomic mass is 19.1. The fourth-order valence-corrected chi connectivity index (χ4v) is 5.33. The van der Waals surface area contributed by atoms with Crippen LogP contribution in [0.25, 0.3) is 0 Å². The molecule has 2 saturated heterocycles. The summed E-state index contributed by atoms with van der Waals surface area (Å²) < 4.78 is 31.3. The van der Waals surface area contributed by atoms with Gasteiger partial charge in [-0.3, -0.25) is 0 Å². The van der Waals surface area contributed by atoms with Crippen molar-refractivity contribution in [3.63, 3.8) is 0 Å². The molecule has 9 nitrogen and oxygen atoms in total. The van der Waals surface area contributed by atoms with Crippen LogP contribution in [-0.2, 0) is 20.6 Å². The van der Waals surface area contributed by atoms with Crippen molar-refractivity contribution >= 4 is 0 Å². The van der Waals surface area contributed by atoms with Crippen molar-refractivity contribution < 1.29 is 33.9 Å². The van der Waals surface area contributed by atoms with Crippen molar-refractivity contribution in [3.8, 4) is 0 Å². The quantitative estimate of drug-likeness (QED) is 0.286. The van der Waals surface area contributed by atoms with Crippen molar-refractivity contribution in [3.05, 3.63) is 35.6 Å². The molecule has 2 aliphatic heterocycles. The minimum Gasteiger partial charge on any atom is -0.390 e. The van der Waals surface area contributed by atoms with Crippen molar-refractivity contribution in [1.82, 2.24) is 16.0 Å². The van der Waals surface area contributed by atoms with Crippen LogP contribution in [-0.4, -0.2) is 96.7 Å². The molecule has 2 heterocycles. The van der Waals surface area contributed by atoms with Crippen LogP contribution in [0.15, 0.2) is 24.3 Å². The largest absolute Gasteiger partial charge is 0.390 e. The fourth-order valence-electron chi connectivity index (χ4n) is 5.33. The second kappa shape index (κ2) is 9.80. The van der Waals surface area contributed by atoms with Gasteiger partial charge in [-0.1, -0.05) is 12.1 Å². The maximum Gasteiger partial charge on any atom is 0.249 e. The summed E-state index contributed by atoms with van der Waals surface area (Å²) >= 11 is 0. The molecule has 1 aromatic rings. The SMILES string of the molecule is CN[C@H]1[C@@H](O)[C@@H](NC)CC2O[C@@H]3O[C@H](C)C[C@@](O)(CNCCc4ccc(F)cc4)[C@]3(O)O[C@@H]21. The van der Waals surface area contributed by atoms with E-state index in [2.05, 4.69) is 16.0 Å². The molecule has 3 fully saturated rings. The molecule has 6 N–H and O–H groups in total. The van der Waals surface area contributed by atoms with Crippen LogP contribution in [0.3, 0.4) is 0 Å². The smallest absolute Gasteiger partial charge is 0.249 e. The van der Waals surface area contributed by atoms with Gasteiger partial charge in [0.15, 0.2) is 0 Å². The molecule has 9 atom stereocenters. The van der Waals surface area contributed by atoms with Crippen LogP contribution in [0.4, 0.5) is 4.39 Å². The summed E-state index contributed by atoms with van der Waals surface area (Å²) in [5, 5.41) is 43.3. The zero-order valence-corrected chi connectivity index (χ0v) is 19.3. The minimum atomic E-state index is -2.12. The summed E-state index contributed by atoms with van der Waals surface area (Å²) in [6, 6.07) is 5.53. The van der Waals surface area contributed by atoms with Gasteiger partial charge < -0.3 is 45.5 Å². The topological polar surface area (TPSA) is 124 Å². The number of nitrogens with one attached hydrogen (secondary N) is 3. The highest BCUT2D eigenvalue weighted by molar-refractivity contribution is 5.16. The van der Waals surface area contributed by atoms with Gasteiger partial charge in [-0.2, -0.15) is 0 Å². The molecule has 0 bridgehead atoms. The first kappa shape index (κ1) is 24.9. The zero-order chi connectivity index (χ0) is 23.8. The van der Waals surface area contributed by atoms with Crippen molar-refractivity contribution in [2.24, 2.45) is 0 Å². The van der Waals surface area contributed by atoms with E-state index in [9.17, 15) is 19.7 Å². The average Bonchev–Trinajstić information content (AvgIpc) is 2.78. The molecular formula is C23H36FN3O6. The molecule has 4 rings (SSSR count). The third-order valence-electron chi connectivity index (χ3n) is 7.19. The van der Waals surface area contributed by atoms with Crippen LogP contribution in [0, 0.1) is 5.82 Å². The summed E-state index contributed by atoms with van der Waals surface area (Å²) in [5.41, 5.74) is -0.730. The molecular weight excluding hydrogens is 433 g/mol. The van der Waals surface area contributed by atoms with Crippen molar-refractivity contribution in [2.45, 2.75) is 80.4 Å². The van der Waals surface area contributed by atoms with Crippen molar-refractivity contribution in [1.29, 1.82) is 0 Å². The van der Waals surface area contributed by atoms with Crippen LogP contribution in [0.1, 0.15) is 25.3 Å². The van der Waals surface area contributed by atoms with Crippen LogP contribution in [0.5, 0.6) is 0 Å². The first-order valence-electron chi connectivity index (χ1n) is 11.6. The van der Waals surface area contributed by atoms with Gasteiger partial charge in [0.25, 0.3) is 0 Å². The first-order valence-corrected chi connectivity index (χ1v) is 11.6. The number of rotatable bonds is 7. The van der Waals surface area contributed by atoms with E-state index < -0.39 is 42.0 Å². The molecule has 1 unspecified atom stereocenters. The summed E-state index contributed by atoms with van der Waals surface area (Å²) in [6.45, 7) is 2.37. The summed E-state index contributed by atoms with van der Waals surface area (Å²) in [7, 11) is 3.49. The third-order valence-corrected chi connectivity index (χ3v) is 7.19. The van der Waals surface area contributed by atoms with Gasteiger partial charge in [0.05, 0.1) is 24.4 Å². The Morgan fingerprint density at radius 2 is 1.85 bits per heavy atom. The third kappa shape index (κ3) is 4.69. The fraction of sp³-hybridized carbons (Fsp3) is 0.739. The van der Waals surface area contributed by atoms with E-state index in [1.54, 1.807) is 26.2 Å².